The van der Waals surface area contributed by atoms with Gasteiger partial charge in [0.05, 0.1) is 17.9 Å². The number of esters is 1. The number of amides is 3. The first-order valence-electron chi connectivity index (χ1n) is 8.86. The predicted octanol–water partition coefficient (Wildman–Crippen LogP) is 0.433. The molecule has 0 aliphatic carbocycles. The zero-order valence-corrected chi connectivity index (χ0v) is 16.6. The predicted molar refractivity (Wildman–Crippen MR) is 106 cm³/mol. The Kier molecular flexibility index (Phi) is 8.27. The Hall–Kier alpha value is -2.59. The van der Waals surface area contributed by atoms with Gasteiger partial charge in [0.25, 0.3) is 0 Å². The molecule has 0 bridgehead atoms. The van der Waals surface area contributed by atoms with E-state index in [0.29, 0.717) is 17.9 Å². The highest BCUT2D eigenvalue weighted by atomic mass is 32.2. The molecule has 1 heterocycles. The van der Waals surface area contributed by atoms with Crippen LogP contribution in [0.2, 0.25) is 0 Å². The van der Waals surface area contributed by atoms with Crippen LogP contribution in [0, 0.1) is 0 Å². The average Bonchev–Trinajstić information content (AvgIpc) is 2.66. The van der Waals surface area contributed by atoms with Gasteiger partial charge < -0.3 is 20.7 Å². The van der Waals surface area contributed by atoms with Crippen molar-refractivity contribution in [2.45, 2.75) is 31.3 Å². The van der Waals surface area contributed by atoms with Gasteiger partial charge in [-0.2, -0.15) is 0 Å². The maximum Gasteiger partial charge on any atom is 0.338 e. The third-order valence-electron chi connectivity index (χ3n) is 3.88. The molecule has 1 saturated heterocycles. The van der Waals surface area contributed by atoms with E-state index in [9.17, 15) is 19.2 Å². The van der Waals surface area contributed by atoms with Gasteiger partial charge in [-0.05, 0) is 31.2 Å². The lowest BCUT2D eigenvalue weighted by molar-refractivity contribution is -0.125. The van der Waals surface area contributed by atoms with Crippen LogP contribution in [0.4, 0.5) is 5.69 Å². The Balaban J connectivity index is 1.80. The van der Waals surface area contributed by atoms with Gasteiger partial charge in [0, 0.05) is 31.6 Å². The molecule has 152 valence electrons. The number of carbonyl (C=O) groups excluding carboxylic acids is 4. The second-order valence-electron chi connectivity index (χ2n) is 6.05. The molecule has 9 nitrogen and oxygen atoms in total. The number of ether oxygens (including phenoxy) is 1. The van der Waals surface area contributed by atoms with E-state index in [2.05, 4.69) is 21.3 Å². The van der Waals surface area contributed by atoms with Gasteiger partial charge in [-0.25, -0.2) is 4.79 Å². The van der Waals surface area contributed by atoms with Crippen LogP contribution in [0.3, 0.4) is 0 Å². The lowest BCUT2D eigenvalue weighted by Gasteiger charge is -2.30. The lowest BCUT2D eigenvalue weighted by atomic mass is 10.1. The molecule has 2 atom stereocenters. The molecule has 2 rings (SSSR count). The molecule has 2 unspecified atom stereocenters. The Bertz CT molecular complexity index is 725. The summed E-state index contributed by atoms with van der Waals surface area (Å²) in [6, 6.07) is 6.12. The molecule has 1 aromatic carbocycles. The Morgan fingerprint density at radius 3 is 2.57 bits per heavy atom. The summed E-state index contributed by atoms with van der Waals surface area (Å²) >= 11 is 1.22. The number of carbonyl (C=O) groups is 4. The first kappa shape index (κ1) is 21.7. The minimum Gasteiger partial charge on any atom is -0.462 e. The van der Waals surface area contributed by atoms with Gasteiger partial charge in [-0.15, -0.1) is 11.8 Å². The molecular weight excluding hydrogens is 384 g/mol. The van der Waals surface area contributed by atoms with Crippen molar-refractivity contribution in [3.63, 3.8) is 0 Å². The van der Waals surface area contributed by atoms with Crippen LogP contribution in [-0.2, 0) is 19.1 Å². The zero-order valence-electron chi connectivity index (χ0n) is 15.7. The SMILES string of the molecule is CCOC(=O)c1ccc(NC(=O)CSC2NC(=O)CC(CC(=O)NC)N2)cc1. The summed E-state index contributed by atoms with van der Waals surface area (Å²) in [6.45, 7) is 2.03. The normalized spacial score (nSPS) is 18.7. The molecule has 10 heteroatoms. The van der Waals surface area contributed by atoms with E-state index in [-0.39, 0.29) is 42.4 Å². The van der Waals surface area contributed by atoms with E-state index < -0.39 is 11.5 Å². The molecule has 1 aliphatic heterocycles. The molecule has 1 aliphatic rings. The first-order valence-corrected chi connectivity index (χ1v) is 9.90. The van der Waals surface area contributed by atoms with Gasteiger partial charge in [0.1, 0.15) is 5.50 Å². The highest BCUT2D eigenvalue weighted by Crippen LogP contribution is 2.15. The topological polar surface area (TPSA) is 126 Å². The van der Waals surface area contributed by atoms with E-state index >= 15 is 0 Å². The highest BCUT2D eigenvalue weighted by Gasteiger charge is 2.27. The van der Waals surface area contributed by atoms with Crippen LogP contribution in [0.15, 0.2) is 24.3 Å². The van der Waals surface area contributed by atoms with E-state index in [0.717, 1.165) is 0 Å². The highest BCUT2D eigenvalue weighted by molar-refractivity contribution is 8.00. The van der Waals surface area contributed by atoms with Crippen molar-refractivity contribution in [2.24, 2.45) is 0 Å². The van der Waals surface area contributed by atoms with Crippen molar-refractivity contribution >= 4 is 41.1 Å². The summed E-state index contributed by atoms with van der Waals surface area (Å²) < 4.78 is 4.91. The standard InChI is InChI=1S/C18H24N4O5S/c1-3-27-17(26)11-4-6-12(7-5-11)20-16(25)10-28-18-21-13(8-14(23)19-2)9-15(24)22-18/h4-7,13,18,21H,3,8-10H2,1-2H3,(H,19,23)(H,20,25)(H,22,24). The number of benzene rings is 1. The Labute approximate surface area is 167 Å². The quantitative estimate of drug-likeness (QED) is 0.460. The summed E-state index contributed by atoms with van der Waals surface area (Å²) in [4.78, 5) is 47.0. The molecule has 4 N–H and O–H groups in total. The lowest BCUT2D eigenvalue weighted by Crippen LogP contribution is -2.55. The fourth-order valence-electron chi connectivity index (χ4n) is 2.55. The number of hydrogen-bond donors (Lipinski definition) is 4. The molecule has 1 aromatic rings. The Morgan fingerprint density at radius 1 is 1.21 bits per heavy atom. The summed E-state index contributed by atoms with van der Waals surface area (Å²) in [7, 11) is 1.54. The van der Waals surface area contributed by atoms with E-state index in [4.69, 9.17) is 4.74 Å². The van der Waals surface area contributed by atoms with E-state index in [1.807, 2.05) is 0 Å². The van der Waals surface area contributed by atoms with Gasteiger partial charge >= 0.3 is 5.97 Å². The fourth-order valence-corrected chi connectivity index (χ4v) is 3.44. The molecule has 0 radical (unpaired) electrons. The van der Waals surface area contributed by atoms with Gasteiger partial charge in [0.15, 0.2) is 0 Å². The maximum atomic E-state index is 12.1. The first-order chi connectivity index (χ1) is 13.4. The van der Waals surface area contributed by atoms with E-state index in [1.54, 1.807) is 38.2 Å². The summed E-state index contributed by atoms with van der Waals surface area (Å²) in [6.07, 6.45) is 0.406. The Morgan fingerprint density at radius 2 is 1.93 bits per heavy atom. The summed E-state index contributed by atoms with van der Waals surface area (Å²) in [5, 5.41) is 11.1. The molecule has 0 saturated carbocycles. The fraction of sp³-hybridized carbons (Fsp3) is 0.444. The van der Waals surface area contributed by atoms with Crippen LogP contribution < -0.4 is 21.3 Å². The second-order valence-corrected chi connectivity index (χ2v) is 7.14. The number of nitrogens with one attached hydrogen (secondary N) is 4. The summed E-state index contributed by atoms with van der Waals surface area (Å²) in [5.74, 6) is -0.885. The van der Waals surface area contributed by atoms with Gasteiger partial charge in [-0.1, -0.05) is 0 Å². The third-order valence-corrected chi connectivity index (χ3v) is 4.90. The number of hydrogen-bond acceptors (Lipinski definition) is 7. The molecular formula is C18H24N4O5S. The smallest absolute Gasteiger partial charge is 0.338 e. The third kappa shape index (κ3) is 6.86. The van der Waals surface area contributed by atoms with E-state index in [1.165, 1.54) is 11.8 Å². The van der Waals surface area contributed by atoms with Gasteiger partial charge in [0.2, 0.25) is 17.7 Å². The van der Waals surface area contributed by atoms with Crippen LogP contribution in [0.1, 0.15) is 30.1 Å². The average molecular weight is 408 g/mol. The maximum absolute atomic E-state index is 12.1. The molecule has 1 fully saturated rings. The van der Waals surface area contributed by atoms with Crippen molar-refractivity contribution < 1.29 is 23.9 Å². The molecule has 0 aromatic heterocycles. The number of rotatable bonds is 8. The largest absolute Gasteiger partial charge is 0.462 e. The van der Waals surface area contributed by atoms with Gasteiger partial charge in [-0.3, -0.25) is 19.7 Å². The van der Waals surface area contributed by atoms with Crippen LogP contribution in [0.25, 0.3) is 0 Å². The minimum absolute atomic E-state index is 0.101. The molecule has 0 spiro atoms. The minimum atomic E-state index is -0.451. The van der Waals surface area contributed by atoms with Crippen LogP contribution in [0.5, 0.6) is 0 Å². The van der Waals surface area contributed by atoms with Crippen molar-refractivity contribution in [3.05, 3.63) is 29.8 Å². The zero-order chi connectivity index (χ0) is 20.5. The van der Waals surface area contributed by atoms with Crippen molar-refractivity contribution in [3.8, 4) is 0 Å². The second kappa shape index (κ2) is 10.7. The monoisotopic (exact) mass is 408 g/mol. The number of thioether (sulfide) groups is 1. The molecule has 3 amide bonds. The number of anilines is 1. The van der Waals surface area contributed by atoms with Crippen LogP contribution in [-0.4, -0.2) is 54.6 Å². The summed E-state index contributed by atoms with van der Waals surface area (Å²) in [5.41, 5.74) is 0.509. The van der Waals surface area contributed by atoms with Crippen molar-refractivity contribution in [1.82, 2.24) is 16.0 Å². The van der Waals surface area contributed by atoms with Crippen LogP contribution >= 0.6 is 11.8 Å². The molecule has 28 heavy (non-hydrogen) atoms. The van der Waals surface area contributed by atoms with Crippen molar-refractivity contribution in [2.75, 3.05) is 24.7 Å². The van der Waals surface area contributed by atoms with Crippen molar-refractivity contribution in [1.29, 1.82) is 0 Å².